The summed E-state index contributed by atoms with van der Waals surface area (Å²) in [6.45, 7) is 2.59. The number of hydrogen-bond donors (Lipinski definition) is 2. The molecule has 3 unspecified atom stereocenters. The molecular formula is C12H24N4O. The summed E-state index contributed by atoms with van der Waals surface area (Å²) >= 11 is 0. The van der Waals surface area contributed by atoms with Crippen molar-refractivity contribution in [2.75, 3.05) is 26.7 Å². The predicted molar refractivity (Wildman–Crippen MR) is 67.4 cm³/mol. The number of amides is 1. The first kappa shape index (κ1) is 12.8. The molecule has 2 aliphatic rings. The molecule has 2 saturated heterocycles. The van der Waals surface area contributed by atoms with Crippen LogP contribution < -0.4 is 11.5 Å². The Labute approximate surface area is 103 Å². The number of nitrogens with zero attached hydrogens (tertiary/aromatic N) is 2. The second-order valence-electron chi connectivity index (χ2n) is 5.39. The number of hydrogen-bond acceptors (Lipinski definition) is 4. The van der Waals surface area contributed by atoms with E-state index in [1.807, 2.05) is 0 Å². The first-order valence-electron chi connectivity index (χ1n) is 6.56. The summed E-state index contributed by atoms with van der Waals surface area (Å²) in [4.78, 5) is 15.9. The molecule has 0 aromatic heterocycles. The van der Waals surface area contributed by atoms with Crippen molar-refractivity contribution in [1.82, 2.24) is 9.80 Å². The summed E-state index contributed by atoms with van der Waals surface area (Å²) in [5.74, 6) is -0.247. The lowest BCUT2D eigenvalue weighted by Gasteiger charge is -2.31. The third-order valence-corrected chi connectivity index (χ3v) is 4.41. The minimum atomic E-state index is -0.247. The van der Waals surface area contributed by atoms with E-state index in [0.717, 1.165) is 19.1 Å². The Morgan fingerprint density at radius 3 is 2.71 bits per heavy atom. The van der Waals surface area contributed by atoms with Gasteiger partial charge in [0.05, 0.1) is 0 Å². The third-order valence-electron chi connectivity index (χ3n) is 4.41. The first-order chi connectivity index (χ1) is 8.11. The van der Waals surface area contributed by atoms with Gasteiger partial charge in [0.2, 0.25) is 5.91 Å². The van der Waals surface area contributed by atoms with Crippen LogP contribution in [0.4, 0.5) is 0 Å². The smallest absolute Gasteiger partial charge is 0.219 e. The molecule has 0 spiro atoms. The van der Waals surface area contributed by atoms with E-state index in [4.69, 9.17) is 11.5 Å². The van der Waals surface area contributed by atoms with Crippen LogP contribution in [0, 0.1) is 0 Å². The van der Waals surface area contributed by atoms with Gasteiger partial charge < -0.3 is 11.5 Å². The largest absolute Gasteiger partial charge is 0.370 e. The Morgan fingerprint density at radius 1 is 1.35 bits per heavy atom. The molecule has 3 atom stereocenters. The number of primary amides is 1. The summed E-state index contributed by atoms with van der Waals surface area (Å²) in [5.41, 5.74) is 11.1. The van der Waals surface area contributed by atoms with Gasteiger partial charge in [0, 0.05) is 44.2 Å². The van der Waals surface area contributed by atoms with E-state index in [2.05, 4.69) is 16.8 Å². The van der Waals surface area contributed by atoms with E-state index < -0.39 is 0 Å². The second-order valence-corrected chi connectivity index (χ2v) is 5.39. The van der Waals surface area contributed by atoms with Gasteiger partial charge in [-0.15, -0.1) is 0 Å². The van der Waals surface area contributed by atoms with Crippen LogP contribution in [0.25, 0.3) is 0 Å². The highest BCUT2D eigenvalue weighted by Gasteiger charge is 2.36. The minimum Gasteiger partial charge on any atom is -0.370 e. The lowest BCUT2D eigenvalue weighted by Crippen LogP contribution is -2.47. The highest BCUT2D eigenvalue weighted by molar-refractivity contribution is 5.74. The first-order valence-corrected chi connectivity index (χ1v) is 6.56. The van der Waals surface area contributed by atoms with Gasteiger partial charge in [0.1, 0.15) is 0 Å². The average Bonchev–Trinajstić information content (AvgIpc) is 2.50. The fourth-order valence-electron chi connectivity index (χ4n) is 3.26. The van der Waals surface area contributed by atoms with E-state index >= 15 is 0 Å². The van der Waals surface area contributed by atoms with Gasteiger partial charge in [-0.05, 0) is 26.3 Å². The van der Waals surface area contributed by atoms with Gasteiger partial charge in [0.25, 0.3) is 0 Å². The molecule has 0 radical (unpaired) electrons. The Bertz CT molecular complexity index is 284. The zero-order valence-electron chi connectivity index (χ0n) is 10.6. The number of nitrogens with two attached hydrogens (primary N) is 2. The third kappa shape index (κ3) is 2.78. The average molecular weight is 240 g/mol. The number of likely N-dealkylation sites (tertiary alicyclic amines) is 1. The van der Waals surface area contributed by atoms with Crippen molar-refractivity contribution in [3.8, 4) is 0 Å². The quantitative estimate of drug-likeness (QED) is 0.685. The number of likely N-dealkylation sites (N-methyl/N-ethyl adjacent to an activating group) is 1. The standard InChI is InChI=1S/C12H24N4O/c1-15-9-2-3-10(15)8-16(5-4-9)11(7-13)6-12(14)17/h9-11H,2-8,13H2,1H3,(H2,14,17). The van der Waals surface area contributed by atoms with Crippen molar-refractivity contribution in [3.05, 3.63) is 0 Å². The lowest BCUT2D eigenvalue weighted by molar-refractivity contribution is -0.119. The van der Waals surface area contributed by atoms with E-state index in [-0.39, 0.29) is 11.9 Å². The van der Waals surface area contributed by atoms with Gasteiger partial charge in [-0.3, -0.25) is 14.6 Å². The van der Waals surface area contributed by atoms with Crippen LogP contribution in [0.2, 0.25) is 0 Å². The molecule has 0 aliphatic carbocycles. The maximum Gasteiger partial charge on any atom is 0.219 e. The number of rotatable bonds is 4. The van der Waals surface area contributed by atoms with Crippen molar-refractivity contribution < 1.29 is 4.79 Å². The normalized spacial score (nSPS) is 32.4. The molecule has 2 rings (SSSR count). The molecule has 1 amide bonds. The maximum absolute atomic E-state index is 11.1. The molecule has 4 N–H and O–H groups in total. The summed E-state index contributed by atoms with van der Waals surface area (Å²) in [7, 11) is 2.22. The Morgan fingerprint density at radius 2 is 2.06 bits per heavy atom. The number of carbonyl (C=O) groups is 1. The summed E-state index contributed by atoms with van der Waals surface area (Å²) in [6, 6.07) is 1.47. The van der Waals surface area contributed by atoms with Gasteiger partial charge in [0.15, 0.2) is 0 Å². The molecule has 0 aromatic carbocycles. The SMILES string of the molecule is CN1C2CCC1CN(C(CN)CC(N)=O)CC2. The lowest BCUT2D eigenvalue weighted by atomic mass is 10.1. The zero-order valence-corrected chi connectivity index (χ0v) is 10.6. The molecule has 5 nitrogen and oxygen atoms in total. The zero-order chi connectivity index (χ0) is 12.4. The van der Waals surface area contributed by atoms with Gasteiger partial charge >= 0.3 is 0 Å². The van der Waals surface area contributed by atoms with Crippen LogP contribution >= 0.6 is 0 Å². The molecule has 2 aliphatic heterocycles. The van der Waals surface area contributed by atoms with Crippen molar-refractivity contribution >= 4 is 5.91 Å². The van der Waals surface area contributed by atoms with Gasteiger partial charge in [-0.1, -0.05) is 0 Å². The fraction of sp³-hybridized carbons (Fsp3) is 0.917. The van der Waals surface area contributed by atoms with Crippen molar-refractivity contribution in [3.63, 3.8) is 0 Å². The highest BCUT2D eigenvalue weighted by atomic mass is 16.1. The summed E-state index contributed by atoms with van der Waals surface area (Å²) < 4.78 is 0. The number of carbonyl (C=O) groups excluding carboxylic acids is 1. The monoisotopic (exact) mass is 240 g/mol. The van der Waals surface area contributed by atoms with Crippen LogP contribution in [0.3, 0.4) is 0 Å². The summed E-state index contributed by atoms with van der Waals surface area (Å²) in [5, 5.41) is 0. The van der Waals surface area contributed by atoms with Crippen LogP contribution in [-0.2, 0) is 4.79 Å². The molecule has 98 valence electrons. The molecule has 2 fully saturated rings. The fourth-order valence-corrected chi connectivity index (χ4v) is 3.26. The Hall–Kier alpha value is -0.650. The minimum absolute atomic E-state index is 0.125. The molecular weight excluding hydrogens is 216 g/mol. The topological polar surface area (TPSA) is 75.6 Å². The van der Waals surface area contributed by atoms with Gasteiger partial charge in [-0.2, -0.15) is 0 Å². The highest BCUT2D eigenvalue weighted by Crippen LogP contribution is 2.29. The van der Waals surface area contributed by atoms with E-state index in [9.17, 15) is 4.79 Å². The molecule has 2 bridgehead atoms. The van der Waals surface area contributed by atoms with Crippen molar-refractivity contribution in [1.29, 1.82) is 0 Å². The molecule has 2 heterocycles. The van der Waals surface area contributed by atoms with E-state index in [0.29, 0.717) is 19.0 Å². The van der Waals surface area contributed by atoms with Crippen LogP contribution in [0.5, 0.6) is 0 Å². The molecule has 0 aromatic rings. The van der Waals surface area contributed by atoms with Crippen LogP contribution in [0.15, 0.2) is 0 Å². The summed E-state index contributed by atoms with van der Waals surface area (Å²) in [6.07, 6.45) is 4.16. The van der Waals surface area contributed by atoms with Crippen molar-refractivity contribution in [2.24, 2.45) is 11.5 Å². The van der Waals surface area contributed by atoms with Crippen LogP contribution in [0.1, 0.15) is 25.7 Å². The predicted octanol–water partition coefficient (Wildman–Crippen LogP) is -0.642. The van der Waals surface area contributed by atoms with E-state index in [1.165, 1.54) is 19.3 Å². The second kappa shape index (κ2) is 5.33. The molecule has 0 saturated carbocycles. The molecule has 17 heavy (non-hydrogen) atoms. The van der Waals surface area contributed by atoms with Crippen molar-refractivity contribution in [2.45, 2.75) is 43.8 Å². The van der Waals surface area contributed by atoms with Crippen LogP contribution in [-0.4, -0.2) is 60.5 Å². The Kier molecular flexibility index (Phi) is 4.01. The number of fused-ring (bicyclic) bond motifs is 2. The Balaban J connectivity index is 1.99. The van der Waals surface area contributed by atoms with Gasteiger partial charge in [-0.25, -0.2) is 0 Å². The van der Waals surface area contributed by atoms with E-state index in [1.54, 1.807) is 0 Å². The maximum atomic E-state index is 11.1. The molecule has 5 heteroatoms.